The van der Waals surface area contributed by atoms with Crippen LogP contribution in [0.2, 0.25) is 0 Å². The van der Waals surface area contributed by atoms with Gasteiger partial charge in [0.15, 0.2) is 0 Å². The number of hydrogen-bond acceptors (Lipinski definition) is 6. The molecule has 0 saturated carbocycles. The second-order valence-electron chi connectivity index (χ2n) is 9.94. The maximum atomic E-state index is 13.3. The minimum Gasteiger partial charge on any atom is -0.369 e. The van der Waals surface area contributed by atoms with Gasteiger partial charge < -0.3 is 10.2 Å². The summed E-state index contributed by atoms with van der Waals surface area (Å²) in [5, 5.41) is 13.9. The van der Waals surface area contributed by atoms with Crippen LogP contribution in [0.15, 0.2) is 71.6 Å². The molecule has 9 nitrogen and oxygen atoms in total. The third-order valence-corrected chi connectivity index (χ3v) is 8.07. The Bertz CT molecular complexity index is 1410. The van der Waals surface area contributed by atoms with Gasteiger partial charge in [0.1, 0.15) is 0 Å². The predicted molar refractivity (Wildman–Crippen MR) is 149 cm³/mol. The number of non-ortho nitro benzene ring substituents is 1. The fraction of sp³-hybridized carbons (Fsp3) is 0.321. The molecule has 1 saturated heterocycles. The van der Waals surface area contributed by atoms with Crippen molar-refractivity contribution in [3.8, 4) is 0 Å². The highest BCUT2D eigenvalue weighted by Crippen LogP contribution is 2.34. The van der Waals surface area contributed by atoms with E-state index in [0.717, 1.165) is 43.6 Å². The van der Waals surface area contributed by atoms with Crippen molar-refractivity contribution in [1.82, 2.24) is 0 Å². The van der Waals surface area contributed by atoms with Gasteiger partial charge in [0.2, 0.25) is 0 Å². The molecular weight excluding hydrogens is 504 g/mol. The van der Waals surface area contributed by atoms with E-state index in [0.29, 0.717) is 28.8 Å². The maximum Gasteiger partial charge on any atom is 0.269 e. The molecule has 3 aromatic rings. The summed E-state index contributed by atoms with van der Waals surface area (Å²) in [5.74, 6) is 0.482. The first kappa shape index (κ1) is 27.1. The number of anilines is 3. The van der Waals surface area contributed by atoms with Gasteiger partial charge in [-0.05, 0) is 72.7 Å². The van der Waals surface area contributed by atoms with E-state index in [1.54, 1.807) is 12.1 Å². The smallest absolute Gasteiger partial charge is 0.269 e. The molecule has 1 fully saturated rings. The number of amides is 1. The highest BCUT2D eigenvalue weighted by atomic mass is 32.2. The Kier molecular flexibility index (Phi) is 8.01. The van der Waals surface area contributed by atoms with Gasteiger partial charge in [-0.15, -0.1) is 0 Å². The quantitative estimate of drug-likeness (QED) is 0.282. The molecule has 1 aliphatic rings. The number of piperidine rings is 1. The van der Waals surface area contributed by atoms with Crippen molar-refractivity contribution in [3.63, 3.8) is 0 Å². The van der Waals surface area contributed by atoms with Crippen molar-refractivity contribution in [1.29, 1.82) is 0 Å². The molecule has 1 amide bonds. The zero-order chi connectivity index (χ0) is 27.4. The van der Waals surface area contributed by atoms with Crippen LogP contribution in [0, 0.1) is 22.0 Å². The van der Waals surface area contributed by atoms with Crippen LogP contribution in [-0.4, -0.2) is 32.3 Å². The van der Waals surface area contributed by atoms with Crippen LogP contribution in [0.5, 0.6) is 0 Å². The average Bonchev–Trinajstić information content (AvgIpc) is 2.88. The van der Waals surface area contributed by atoms with E-state index in [-0.39, 0.29) is 22.2 Å². The fourth-order valence-corrected chi connectivity index (χ4v) is 5.94. The molecule has 200 valence electrons. The third kappa shape index (κ3) is 6.31. The Balaban J connectivity index is 1.67. The van der Waals surface area contributed by atoms with E-state index in [4.69, 9.17) is 0 Å². The standard InChI is InChI=1S/C28H32N4O5S/c1-4-21-5-8-23(9-6-21)29-28(33)22-7-14-27(31-17-19(2)15-20(3)18-31)26(16-22)30-38(36,37)25-12-10-24(11-13-25)32(34)35/h5-14,16,19-20,30H,4,15,17-18H2,1-3H3,(H,29,33)/t19-,20-/m0/s1. The molecule has 4 rings (SSSR count). The van der Waals surface area contributed by atoms with E-state index >= 15 is 0 Å². The summed E-state index contributed by atoms with van der Waals surface area (Å²) in [6.07, 6.45) is 1.97. The number of aryl methyl sites for hydroxylation is 1. The molecule has 0 bridgehead atoms. The lowest BCUT2D eigenvalue weighted by Gasteiger charge is -2.37. The molecule has 0 unspecified atom stereocenters. The van der Waals surface area contributed by atoms with Crippen LogP contribution in [-0.2, 0) is 16.4 Å². The first-order valence-electron chi connectivity index (χ1n) is 12.6. The van der Waals surface area contributed by atoms with Crippen LogP contribution in [0.1, 0.15) is 43.1 Å². The van der Waals surface area contributed by atoms with Crippen LogP contribution in [0.3, 0.4) is 0 Å². The van der Waals surface area contributed by atoms with Gasteiger partial charge in [0.05, 0.1) is 21.2 Å². The number of hydrogen-bond donors (Lipinski definition) is 2. The van der Waals surface area contributed by atoms with Gasteiger partial charge >= 0.3 is 0 Å². The number of sulfonamides is 1. The molecule has 3 aromatic carbocycles. The molecule has 0 aliphatic carbocycles. The summed E-state index contributed by atoms with van der Waals surface area (Å²) < 4.78 is 29.2. The maximum absolute atomic E-state index is 13.3. The lowest BCUT2D eigenvalue weighted by molar-refractivity contribution is -0.384. The number of carbonyl (C=O) groups is 1. The van der Waals surface area contributed by atoms with Gasteiger partial charge in [-0.25, -0.2) is 8.42 Å². The van der Waals surface area contributed by atoms with Crippen LogP contribution < -0.4 is 14.9 Å². The number of nitro groups is 1. The lowest BCUT2D eigenvalue weighted by atomic mass is 9.91. The van der Waals surface area contributed by atoms with Gasteiger partial charge in [-0.3, -0.25) is 19.6 Å². The first-order valence-corrected chi connectivity index (χ1v) is 14.1. The molecule has 0 aromatic heterocycles. The van der Waals surface area contributed by atoms with Crippen molar-refractivity contribution in [2.24, 2.45) is 11.8 Å². The summed E-state index contributed by atoms with van der Waals surface area (Å²) >= 11 is 0. The second-order valence-corrected chi connectivity index (χ2v) is 11.6. The second kappa shape index (κ2) is 11.2. The van der Waals surface area contributed by atoms with E-state index in [1.807, 2.05) is 24.3 Å². The molecule has 0 radical (unpaired) electrons. The molecule has 0 spiro atoms. The molecule has 1 aliphatic heterocycles. The molecular formula is C28H32N4O5S. The minimum absolute atomic E-state index is 0.111. The zero-order valence-electron chi connectivity index (χ0n) is 21.7. The predicted octanol–water partition coefficient (Wildman–Crippen LogP) is 5.69. The topological polar surface area (TPSA) is 122 Å². The normalized spacial score (nSPS) is 17.6. The average molecular weight is 537 g/mol. The van der Waals surface area contributed by atoms with Gasteiger partial charge in [0.25, 0.3) is 21.6 Å². The van der Waals surface area contributed by atoms with Gasteiger partial charge in [-0.2, -0.15) is 0 Å². The van der Waals surface area contributed by atoms with Crippen molar-refractivity contribution >= 4 is 38.7 Å². The number of benzene rings is 3. The van der Waals surface area contributed by atoms with Crippen molar-refractivity contribution < 1.29 is 18.1 Å². The first-order chi connectivity index (χ1) is 18.1. The Labute approximate surface area is 223 Å². The Morgan fingerprint density at radius 3 is 2.21 bits per heavy atom. The minimum atomic E-state index is -4.08. The molecule has 2 N–H and O–H groups in total. The third-order valence-electron chi connectivity index (χ3n) is 6.69. The lowest BCUT2D eigenvalue weighted by Crippen LogP contribution is -2.39. The van der Waals surface area contributed by atoms with E-state index < -0.39 is 14.9 Å². The van der Waals surface area contributed by atoms with Crippen molar-refractivity contribution in [2.45, 2.75) is 38.5 Å². The summed E-state index contributed by atoms with van der Waals surface area (Å²) in [7, 11) is -4.08. The highest BCUT2D eigenvalue weighted by molar-refractivity contribution is 7.92. The Morgan fingerprint density at radius 1 is 1.00 bits per heavy atom. The largest absolute Gasteiger partial charge is 0.369 e. The molecule has 2 atom stereocenters. The van der Waals surface area contributed by atoms with E-state index in [2.05, 4.69) is 35.7 Å². The number of rotatable bonds is 8. The summed E-state index contributed by atoms with van der Waals surface area (Å²) in [6, 6.07) is 17.3. The number of carbonyl (C=O) groups excluding carboxylic acids is 1. The van der Waals surface area contributed by atoms with E-state index in [1.165, 1.54) is 18.2 Å². The van der Waals surface area contributed by atoms with Crippen molar-refractivity contribution in [3.05, 3.63) is 88.0 Å². The number of nitrogens with one attached hydrogen (secondary N) is 2. The van der Waals surface area contributed by atoms with E-state index in [9.17, 15) is 23.3 Å². The Morgan fingerprint density at radius 2 is 1.63 bits per heavy atom. The fourth-order valence-electron chi connectivity index (χ4n) is 4.87. The van der Waals surface area contributed by atoms with Crippen molar-refractivity contribution in [2.75, 3.05) is 28.0 Å². The van der Waals surface area contributed by atoms with Gasteiger partial charge in [-0.1, -0.05) is 32.9 Å². The molecule has 38 heavy (non-hydrogen) atoms. The summed E-state index contributed by atoms with van der Waals surface area (Å²) in [6.45, 7) is 7.89. The van der Waals surface area contributed by atoms with Crippen LogP contribution in [0.4, 0.5) is 22.7 Å². The summed E-state index contributed by atoms with van der Waals surface area (Å²) in [5.41, 5.74) is 2.85. The SMILES string of the molecule is CCc1ccc(NC(=O)c2ccc(N3C[C@@H](C)C[C@H](C)C3)c(NS(=O)(=O)c3ccc([N+](=O)[O-])cc3)c2)cc1. The Hall–Kier alpha value is -3.92. The zero-order valence-corrected chi connectivity index (χ0v) is 22.5. The molecule has 10 heteroatoms. The summed E-state index contributed by atoms with van der Waals surface area (Å²) in [4.78, 5) is 25.5. The monoisotopic (exact) mass is 536 g/mol. The number of nitro benzene ring substituents is 1. The molecule has 1 heterocycles. The van der Waals surface area contributed by atoms with Gasteiger partial charge in [0, 0.05) is 36.5 Å². The highest BCUT2D eigenvalue weighted by Gasteiger charge is 2.26. The van der Waals surface area contributed by atoms with Crippen LogP contribution >= 0.6 is 0 Å². The number of nitrogens with zero attached hydrogens (tertiary/aromatic N) is 2. The van der Waals surface area contributed by atoms with Crippen LogP contribution in [0.25, 0.3) is 0 Å².